The molecule has 0 amide bonds. The van der Waals surface area contributed by atoms with Crippen molar-refractivity contribution in [1.82, 2.24) is 15.1 Å². The van der Waals surface area contributed by atoms with Gasteiger partial charge >= 0.3 is 0 Å². The predicted octanol–water partition coefficient (Wildman–Crippen LogP) is 0.607. The van der Waals surface area contributed by atoms with Crippen LogP contribution in [0.4, 0.5) is 5.69 Å². The minimum absolute atomic E-state index is 0.577. The normalized spacial score (nSPS) is 23.2. The molecule has 1 fully saturated rings. The molecule has 0 radical (unpaired) electrons. The second-order valence-corrected chi connectivity index (χ2v) is 3.64. The Morgan fingerprint density at radius 2 is 2.54 bits per heavy atom. The summed E-state index contributed by atoms with van der Waals surface area (Å²) in [6.45, 7) is 2.08. The van der Waals surface area contributed by atoms with Crippen LogP contribution in [0, 0.1) is 0 Å². The van der Waals surface area contributed by atoms with Gasteiger partial charge in [-0.15, -0.1) is 0 Å². The lowest BCUT2D eigenvalue weighted by Gasteiger charge is -2.23. The first kappa shape index (κ1) is 8.56. The fourth-order valence-electron chi connectivity index (χ4n) is 1.79. The second-order valence-electron chi connectivity index (χ2n) is 3.64. The summed E-state index contributed by atoms with van der Waals surface area (Å²) in [6.07, 6.45) is 7.46. The Morgan fingerprint density at radius 1 is 1.62 bits per heavy atom. The summed E-state index contributed by atoms with van der Waals surface area (Å²) in [7, 11) is 0. The van der Waals surface area contributed by atoms with E-state index in [1.165, 1.54) is 19.3 Å². The fraction of sp³-hybridized carbons (Fsp3) is 0.667. The summed E-state index contributed by atoms with van der Waals surface area (Å²) < 4.78 is 1.92. The zero-order valence-electron chi connectivity index (χ0n) is 7.74. The number of nitrogens with zero attached hydrogens (tertiary/aromatic N) is 2. The van der Waals surface area contributed by atoms with Gasteiger partial charge in [-0.3, -0.25) is 4.68 Å². The zero-order chi connectivity index (χ0) is 9.10. The van der Waals surface area contributed by atoms with Crippen molar-refractivity contribution in [3.8, 4) is 0 Å². The van der Waals surface area contributed by atoms with Gasteiger partial charge in [0.1, 0.15) is 0 Å². The van der Waals surface area contributed by atoms with E-state index in [4.69, 9.17) is 5.73 Å². The Balaban J connectivity index is 1.89. The number of rotatable bonds is 2. The van der Waals surface area contributed by atoms with Gasteiger partial charge in [-0.05, 0) is 19.4 Å². The molecule has 0 bridgehead atoms. The van der Waals surface area contributed by atoms with Gasteiger partial charge in [0.15, 0.2) is 0 Å². The molecule has 2 heterocycles. The Hall–Kier alpha value is -1.03. The van der Waals surface area contributed by atoms with Crippen molar-refractivity contribution in [2.24, 2.45) is 0 Å². The molecule has 0 saturated carbocycles. The van der Waals surface area contributed by atoms with E-state index in [0.717, 1.165) is 18.8 Å². The van der Waals surface area contributed by atoms with Crippen LogP contribution in [0.2, 0.25) is 0 Å². The summed E-state index contributed by atoms with van der Waals surface area (Å²) in [6, 6.07) is 0.577. The van der Waals surface area contributed by atoms with Gasteiger partial charge in [0, 0.05) is 12.2 Å². The van der Waals surface area contributed by atoms with Crippen molar-refractivity contribution in [3.05, 3.63) is 12.4 Å². The van der Waals surface area contributed by atoms with Gasteiger partial charge in [0.2, 0.25) is 0 Å². The van der Waals surface area contributed by atoms with Crippen LogP contribution in [0.3, 0.4) is 0 Å². The minimum Gasteiger partial charge on any atom is -0.396 e. The van der Waals surface area contributed by atoms with Gasteiger partial charge in [0.25, 0.3) is 0 Å². The molecule has 0 spiro atoms. The van der Waals surface area contributed by atoms with Gasteiger partial charge < -0.3 is 11.1 Å². The molecule has 0 aliphatic carbocycles. The number of nitrogen functional groups attached to an aromatic ring is 1. The molecule has 2 rings (SSSR count). The lowest BCUT2D eigenvalue weighted by Crippen LogP contribution is -2.37. The molecule has 1 atom stereocenters. The molecule has 1 aromatic heterocycles. The first-order valence-corrected chi connectivity index (χ1v) is 4.86. The van der Waals surface area contributed by atoms with Gasteiger partial charge in [-0.2, -0.15) is 5.10 Å². The maximum Gasteiger partial charge on any atom is 0.0719 e. The molecule has 1 aliphatic rings. The number of nitrogens with two attached hydrogens (primary N) is 1. The molecular weight excluding hydrogens is 164 g/mol. The first-order valence-electron chi connectivity index (χ1n) is 4.86. The quantitative estimate of drug-likeness (QED) is 0.701. The number of piperidine rings is 1. The highest BCUT2D eigenvalue weighted by molar-refractivity contribution is 5.30. The number of hydrogen-bond donors (Lipinski definition) is 2. The Bertz CT molecular complexity index is 262. The number of hydrogen-bond acceptors (Lipinski definition) is 3. The highest BCUT2D eigenvalue weighted by Gasteiger charge is 2.12. The molecule has 4 nitrogen and oxygen atoms in total. The highest BCUT2D eigenvalue weighted by Crippen LogP contribution is 2.09. The Morgan fingerprint density at radius 3 is 3.15 bits per heavy atom. The monoisotopic (exact) mass is 180 g/mol. The van der Waals surface area contributed by atoms with Crippen LogP contribution in [-0.2, 0) is 6.54 Å². The van der Waals surface area contributed by atoms with Crippen molar-refractivity contribution in [2.45, 2.75) is 31.8 Å². The van der Waals surface area contributed by atoms with Crippen LogP contribution < -0.4 is 11.1 Å². The molecule has 72 valence electrons. The van der Waals surface area contributed by atoms with Gasteiger partial charge in [0.05, 0.1) is 18.4 Å². The van der Waals surface area contributed by atoms with Crippen LogP contribution in [0.5, 0.6) is 0 Å². The van der Waals surface area contributed by atoms with Crippen molar-refractivity contribution >= 4 is 5.69 Å². The van der Waals surface area contributed by atoms with E-state index < -0.39 is 0 Å². The molecule has 3 N–H and O–H groups in total. The third-order valence-corrected chi connectivity index (χ3v) is 2.47. The average molecular weight is 180 g/mol. The van der Waals surface area contributed by atoms with Crippen LogP contribution in [0.15, 0.2) is 12.4 Å². The summed E-state index contributed by atoms with van der Waals surface area (Å²) in [5, 5.41) is 7.64. The number of anilines is 1. The van der Waals surface area contributed by atoms with Gasteiger partial charge in [-0.1, -0.05) is 6.42 Å². The third kappa shape index (κ3) is 2.21. The van der Waals surface area contributed by atoms with Crippen LogP contribution in [0.1, 0.15) is 19.3 Å². The number of aromatic nitrogens is 2. The molecule has 0 aromatic carbocycles. The van der Waals surface area contributed by atoms with Crippen LogP contribution >= 0.6 is 0 Å². The fourth-order valence-corrected chi connectivity index (χ4v) is 1.79. The molecular formula is C9H16N4. The second kappa shape index (κ2) is 3.79. The molecule has 13 heavy (non-hydrogen) atoms. The SMILES string of the molecule is Nc1cnn(CC2CCCCN2)c1. The molecule has 1 aliphatic heterocycles. The van der Waals surface area contributed by atoms with E-state index in [1.54, 1.807) is 6.20 Å². The first-order chi connectivity index (χ1) is 6.34. The van der Waals surface area contributed by atoms with Crippen molar-refractivity contribution in [1.29, 1.82) is 0 Å². The van der Waals surface area contributed by atoms with E-state index >= 15 is 0 Å². The summed E-state index contributed by atoms with van der Waals surface area (Å²) in [4.78, 5) is 0. The van der Waals surface area contributed by atoms with E-state index in [1.807, 2.05) is 10.9 Å². The lowest BCUT2D eigenvalue weighted by atomic mass is 10.1. The molecule has 1 aromatic rings. The van der Waals surface area contributed by atoms with Crippen LogP contribution in [-0.4, -0.2) is 22.4 Å². The van der Waals surface area contributed by atoms with E-state index in [9.17, 15) is 0 Å². The number of nitrogens with one attached hydrogen (secondary N) is 1. The average Bonchev–Trinajstić information content (AvgIpc) is 2.53. The summed E-state index contributed by atoms with van der Waals surface area (Å²) in [5.41, 5.74) is 6.33. The Kier molecular flexibility index (Phi) is 2.49. The standard InChI is InChI=1S/C9H16N4/c10-8-5-12-13(6-8)7-9-3-1-2-4-11-9/h5-6,9,11H,1-4,7,10H2. The van der Waals surface area contributed by atoms with Crippen LogP contribution in [0.25, 0.3) is 0 Å². The third-order valence-electron chi connectivity index (χ3n) is 2.47. The van der Waals surface area contributed by atoms with Crippen molar-refractivity contribution in [2.75, 3.05) is 12.3 Å². The molecule has 1 unspecified atom stereocenters. The van der Waals surface area contributed by atoms with E-state index in [0.29, 0.717) is 6.04 Å². The topological polar surface area (TPSA) is 55.9 Å². The predicted molar refractivity (Wildman–Crippen MR) is 52.3 cm³/mol. The largest absolute Gasteiger partial charge is 0.396 e. The molecule has 4 heteroatoms. The van der Waals surface area contributed by atoms with Gasteiger partial charge in [-0.25, -0.2) is 0 Å². The molecule has 1 saturated heterocycles. The smallest absolute Gasteiger partial charge is 0.0719 e. The van der Waals surface area contributed by atoms with Crippen molar-refractivity contribution in [3.63, 3.8) is 0 Å². The lowest BCUT2D eigenvalue weighted by molar-refractivity contribution is 0.351. The maximum absolute atomic E-state index is 5.58. The maximum atomic E-state index is 5.58. The van der Waals surface area contributed by atoms with Crippen molar-refractivity contribution < 1.29 is 0 Å². The minimum atomic E-state index is 0.577. The summed E-state index contributed by atoms with van der Waals surface area (Å²) in [5.74, 6) is 0. The Labute approximate surface area is 78.1 Å². The van der Waals surface area contributed by atoms with E-state index in [2.05, 4.69) is 10.4 Å². The summed E-state index contributed by atoms with van der Waals surface area (Å²) >= 11 is 0. The zero-order valence-corrected chi connectivity index (χ0v) is 7.74. The van der Waals surface area contributed by atoms with E-state index in [-0.39, 0.29) is 0 Å². The highest BCUT2D eigenvalue weighted by atomic mass is 15.3.